The number of piperazine rings is 1. The Morgan fingerprint density at radius 3 is 1.98 bits per heavy atom. The number of carbonyl (C=O) groups is 2. The number of benzene rings is 2. The maximum atomic E-state index is 13.8. The molecule has 0 unspecified atom stereocenters. The van der Waals surface area contributed by atoms with Gasteiger partial charge in [-0.2, -0.15) is 26.3 Å². The smallest absolute Gasteiger partial charge is 0.336 e. The van der Waals surface area contributed by atoms with Crippen LogP contribution in [0.3, 0.4) is 0 Å². The van der Waals surface area contributed by atoms with Gasteiger partial charge in [-0.3, -0.25) is 19.4 Å². The van der Waals surface area contributed by atoms with Crippen LogP contribution in [0.2, 0.25) is 10.0 Å². The van der Waals surface area contributed by atoms with Crippen molar-refractivity contribution in [1.29, 1.82) is 0 Å². The van der Waals surface area contributed by atoms with Gasteiger partial charge in [-0.1, -0.05) is 35.3 Å². The summed E-state index contributed by atoms with van der Waals surface area (Å²) in [6.07, 6.45) is -7.96. The highest BCUT2D eigenvalue weighted by atomic mass is 35.5. The Balaban J connectivity index is 1.16. The molecule has 4 heterocycles. The topological polar surface area (TPSA) is 47.1 Å². The zero-order valence-electron chi connectivity index (χ0n) is 26.2. The minimum Gasteiger partial charge on any atom is -0.336 e. The van der Waals surface area contributed by atoms with E-state index in [0.717, 1.165) is 43.0 Å². The van der Waals surface area contributed by atoms with Crippen LogP contribution in [0.25, 0.3) is 0 Å². The molecule has 1 aromatic heterocycles. The lowest BCUT2D eigenvalue weighted by Crippen LogP contribution is -2.58. The number of carbonyl (C=O) groups excluding carboxylic acids is 2. The van der Waals surface area contributed by atoms with E-state index in [1.807, 2.05) is 22.4 Å². The molecule has 264 valence electrons. The molecule has 0 N–H and O–H groups in total. The van der Waals surface area contributed by atoms with Crippen molar-refractivity contribution in [3.05, 3.63) is 91.1 Å². The number of amides is 2. The average Bonchev–Trinajstić information content (AvgIpc) is 3.79. The Labute approximate surface area is 294 Å². The Morgan fingerprint density at radius 1 is 0.755 bits per heavy atom. The first kappa shape index (κ1) is 36.0. The number of rotatable bonds is 6. The number of halogens is 8. The average molecular weight is 748 g/mol. The van der Waals surface area contributed by atoms with Crippen molar-refractivity contribution < 1.29 is 35.9 Å². The fourth-order valence-electron chi connectivity index (χ4n) is 7.25. The van der Waals surface area contributed by atoms with Gasteiger partial charge in [0.25, 0.3) is 11.8 Å². The van der Waals surface area contributed by atoms with E-state index in [-0.39, 0.29) is 30.6 Å². The maximum Gasteiger partial charge on any atom is 0.416 e. The van der Waals surface area contributed by atoms with Crippen LogP contribution in [-0.4, -0.2) is 95.4 Å². The molecule has 3 saturated heterocycles. The molecular weight excluding hydrogens is 713 g/mol. The molecule has 0 bridgehead atoms. The lowest BCUT2D eigenvalue weighted by Gasteiger charge is -2.47. The molecular formula is C34H34Cl2F6N4O2S. The van der Waals surface area contributed by atoms with Gasteiger partial charge >= 0.3 is 12.4 Å². The second kappa shape index (κ2) is 14.4. The Bertz CT molecular complexity index is 1630. The molecule has 2 aromatic carbocycles. The standard InChI is InChI=1S/C34H34Cl2F6N4O2S/c35-28-4-3-21(15-29(28)36)14-27-19-25(6-8-46(27)31(47)22-16-23(33(37,38)39)18-24(17-22)34(40,41)42)43-9-11-44(12-10-43)26-5-7-45(20-26)32(48)30-2-1-13-49-30/h1-4,13,15-18,25-27H,5-12,14,19-20H2/t25-,26-,27+/m0/s1. The summed E-state index contributed by atoms with van der Waals surface area (Å²) in [6.45, 7) is 4.66. The van der Waals surface area contributed by atoms with Crippen LogP contribution < -0.4 is 0 Å². The highest BCUT2D eigenvalue weighted by molar-refractivity contribution is 7.12. The number of nitrogens with zero attached hydrogens (tertiary/aromatic N) is 4. The quantitative estimate of drug-likeness (QED) is 0.241. The molecule has 3 atom stereocenters. The van der Waals surface area contributed by atoms with Gasteiger partial charge in [-0.05, 0) is 73.0 Å². The highest BCUT2D eigenvalue weighted by Crippen LogP contribution is 2.38. The molecule has 3 aliphatic rings. The zero-order chi connectivity index (χ0) is 35.1. The first-order chi connectivity index (χ1) is 23.2. The number of alkyl halides is 6. The summed E-state index contributed by atoms with van der Waals surface area (Å²) in [7, 11) is 0. The first-order valence-corrected chi connectivity index (χ1v) is 17.7. The summed E-state index contributed by atoms with van der Waals surface area (Å²) >= 11 is 13.8. The Kier molecular flexibility index (Phi) is 10.6. The van der Waals surface area contributed by atoms with E-state index in [1.165, 1.54) is 16.2 Å². The molecule has 6 nitrogen and oxygen atoms in total. The summed E-state index contributed by atoms with van der Waals surface area (Å²) in [4.78, 5) is 35.5. The van der Waals surface area contributed by atoms with Gasteiger partial charge in [0.15, 0.2) is 0 Å². The van der Waals surface area contributed by atoms with E-state index in [1.54, 1.807) is 18.2 Å². The van der Waals surface area contributed by atoms with Crippen molar-refractivity contribution >= 4 is 46.4 Å². The van der Waals surface area contributed by atoms with Crippen molar-refractivity contribution in [2.24, 2.45) is 0 Å². The zero-order valence-corrected chi connectivity index (χ0v) is 28.6. The predicted molar refractivity (Wildman–Crippen MR) is 176 cm³/mol. The second-order valence-electron chi connectivity index (χ2n) is 12.8. The van der Waals surface area contributed by atoms with Crippen LogP contribution in [0, 0.1) is 0 Å². The van der Waals surface area contributed by atoms with Gasteiger partial charge in [0, 0.05) is 69.5 Å². The molecule has 49 heavy (non-hydrogen) atoms. The summed E-state index contributed by atoms with van der Waals surface area (Å²) in [5.41, 5.74) is -2.97. The van der Waals surface area contributed by atoms with Crippen molar-refractivity contribution in [1.82, 2.24) is 19.6 Å². The molecule has 0 spiro atoms. The van der Waals surface area contributed by atoms with E-state index in [0.29, 0.717) is 54.5 Å². The van der Waals surface area contributed by atoms with E-state index >= 15 is 0 Å². The maximum absolute atomic E-state index is 13.8. The second-order valence-corrected chi connectivity index (χ2v) is 14.6. The molecule has 3 aromatic rings. The third-order valence-electron chi connectivity index (χ3n) is 9.80. The Morgan fingerprint density at radius 2 is 1.39 bits per heavy atom. The van der Waals surface area contributed by atoms with E-state index in [2.05, 4.69) is 9.80 Å². The van der Waals surface area contributed by atoms with E-state index in [9.17, 15) is 35.9 Å². The van der Waals surface area contributed by atoms with Crippen molar-refractivity contribution in [2.45, 2.75) is 56.2 Å². The molecule has 0 radical (unpaired) electrons. The number of likely N-dealkylation sites (tertiary alicyclic amines) is 2. The SMILES string of the molecule is O=C(c1cccs1)N1CC[C@H](N2CCN([C@H]3CCN(C(=O)c4cc(C(F)(F)F)cc(C(F)(F)F)c4)[C@H](Cc4ccc(Cl)c(Cl)c4)C3)CC2)C1. The summed E-state index contributed by atoms with van der Waals surface area (Å²) in [5.74, 6) is -0.821. The summed E-state index contributed by atoms with van der Waals surface area (Å²) in [5, 5.41) is 2.53. The molecule has 3 fully saturated rings. The monoisotopic (exact) mass is 746 g/mol. The van der Waals surface area contributed by atoms with Crippen molar-refractivity contribution in [3.63, 3.8) is 0 Å². The molecule has 15 heteroatoms. The van der Waals surface area contributed by atoms with Crippen LogP contribution in [0.4, 0.5) is 26.3 Å². The Hall–Kier alpha value is -2.84. The third kappa shape index (κ3) is 8.22. The summed E-state index contributed by atoms with van der Waals surface area (Å²) < 4.78 is 81.8. The molecule has 2 amide bonds. The molecule has 3 aliphatic heterocycles. The highest BCUT2D eigenvalue weighted by Gasteiger charge is 2.41. The fourth-order valence-corrected chi connectivity index (χ4v) is 8.26. The molecule has 6 rings (SSSR count). The van der Waals surface area contributed by atoms with Gasteiger partial charge in [-0.25, -0.2) is 0 Å². The van der Waals surface area contributed by atoms with Crippen LogP contribution >= 0.6 is 34.5 Å². The van der Waals surface area contributed by atoms with Crippen LogP contribution in [0.15, 0.2) is 53.9 Å². The van der Waals surface area contributed by atoms with E-state index in [4.69, 9.17) is 23.2 Å². The van der Waals surface area contributed by atoms with Gasteiger partial charge in [0.2, 0.25) is 0 Å². The summed E-state index contributed by atoms with van der Waals surface area (Å²) in [6, 6.07) is 9.56. The minimum absolute atomic E-state index is 0.0283. The lowest BCUT2D eigenvalue weighted by molar-refractivity contribution is -0.143. The largest absolute Gasteiger partial charge is 0.416 e. The lowest BCUT2D eigenvalue weighted by atomic mass is 9.90. The van der Waals surface area contributed by atoms with Gasteiger partial charge in [-0.15, -0.1) is 11.3 Å². The van der Waals surface area contributed by atoms with Crippen LogP contribution in [0.5, 0.6) is 0 Å². The number of thiophene rings is 1. The first-order valence-electron chi connectivity index (χ1n) is 16.0. The number of hydrogen-bond acceptors (Lipinski definition) is 5. The van der Waals surface area contributed by atoms with Crippen LogP contribution in [0.1, 0.15) is 56.0 Å². The number of hydrogen-bond donors (Lipinski definition) is 0. The predicted octanol–water partition coefficient (Wildman–Crippen LogP) is 7.84. The molecule has 0 saturated carbocycles. The van der Waals surface area contributed by atoms with Gasteiger partial charge in [0.05, 0.1) is 26.0 Å². The number of piperidine rings is 1. The fraction of sp³-hybridized carbons (Fsp3) is 0.471. The van der Waals surface area contributed by atoms with E-state index < -0.39 is 41.0 Å². The van der Waals surface area contributed by atoms with Gasteiger partial charge < -0.3 is 9.80 Å². The minimum atomic E-state index is -5.07. The normalized spacial score (nSPS) is 22.9. The molecule has 0 aliphatic carbocycles. The third-order valence-corrected chi connectivity index (χ3v) is 11.4. The van der Waals surface area contributed by atoms with Crippen molar-refractivity contribution in [3.8, 4) is 0 Å². The van der Waals surface area contributed by atoms with Gasteiger partial charge in [0.1, 0.15) is 0 Å². The van der Waals surface area contributed by atoms with Crippen LogP contribution in [-0.2, 0) is 18.8 Å². The van der Waals surface area contributed by atoms with Crippen molar-refractivity contribution in [2.75, 3.05) is 45.8 Å².